The van der Waals surface area contributed by atoms with E-state index in [-0.39, 0.29) is 6.61 Å². The highest BCUT2D eigenvalue weighted by molar-refractivity contribution is 9.10. The van der Waals surface area contributed by atoms with E-state index in [2.05, 4.69) is 26.9 Å². The van der Waals surface area contributed by atoms with Crippen molar-refractivity contribution in [2.75, 3.05) is 18.0 Å². The number of anilines is 1. The molecule has 0 heterocycles. The third-order valence-corrected chi connectivity index (χ3v) is 4.43. The lowest BCUT2D eigenvalue weighted by molar-refractivity contribution is -0.131. The van der Waals surface area contributed by atoms with E-state index in [4.69, 9.17) is 5.11 Å². The molecular weight excluding hydrogens is 370 g/mol. The van der Waals surface area contributed by atoms with Crippen molar-refractivity contribution in [1.29, 1.82) is 0 Å². The van der Waals surface area contributed by atoms with Gasteiger partial charge in [0.25, 0.3) is 0 Å². The number of aliphatic carboxylic acids is 1. The molecule has 0 amide bonds. The van der Waals surface area contributed by atoms with Crippen molar-refractivity contribution in [2.24, 2.45) is 0 Å². The Bertz CT molecular complexity index is 715. The van der Waals surface area contributed by atoms with Crippen molar-refractivity contribution in [3.63, 3.8) is 0 Å². The highest BCUT2D eigenvalue weighted by atomic mass is 79.9. The van der Waals surface area contributed by atoms with Gasteiger partial charge in [-0.15, -0.1) is 0 Å². The summed E-state index contributed by atoms with van der Waals surface area (Å²) in [5.74, 6) is -0.954. The van der Waals surface area contributed by atoms with Gasteiger partial charge in [-0.1, -0.05) is 52.3 Å². The quantitative estimate of drug-likeness (QED) is 0.676. The second-order valence-electron chi connectivity index (χ2n) is 5.36. The number of nitrogens with zero attached hydrogens (tertiary/aromatic N) is 1. The van der Waals surface area contributed by atoms with E-state index in [9.17, 15) is 9.90 Å². The van der Waals surface area contributed by atoms with Crippen molar-refractivity contribution in [2.45, 2.75) is 13.0 Å². The first-order chi connectivity index (χ1) is 11.6. The number of aliphatic hydroxyl groups excluding tert-OH is 1. The van der Waals surface area contributed by atoms with Crippen molar-refractivity contribution in [3.05, 3.63) is 76.3 Å². The predicted molar refractivity (Wildman–Crippen MR) is 99.2 cm³/mol. The van der Waals surface area contributed by atoms with Gasteiger partial charge in [0, 0.05) is 29.3 Å². The molecule has 0 saturated heterocycles. The normalized spacial score (nSPS) is 10.9. The molecule has 2 aromatic carbocycles. The summed E-state index contributed by atoms with van der Waals surface area (Å²) in [6, 6.07) is 15.7. The SMILES string of the molecule is O=C(O)/C=C/CN(CCc1ccccc1Br)c1cccc(CO)c1. The van der Waals surface area contributed by atoms with E-state index >= 15 is 0 Å². The second kappa shape index (κ2) is 9.25. The number of carboxylic acid groups (broad SMARTS) is 1. The summed E-state index contributed by atoms with van der Waals surface area (Å²) in [6.07, 6.45) is 3.61. The monoisotopic (exact) mass is 389 g/mol. The zero-order valence-corrected chi connectivity index (χ0v) is 14.8. The Balaban J connectivity index is 2.15. The van der Waals surface area contributed by atoms with Crippen LogP contribution in [0.3, 0.4) is 0 Å². The molecule has 0 radical (unpaired) electrons. The Morgan fingerprint density at radius 1 is 1.17 bits per heavy atom. The molecule has 0 spiro atoms. The van der Waals surface area contributed by atoms with Crippen LogP contribution >= 0.6 is 15.9 Å². The number of halogens is 1. The third-order valence-electron chi connectivity index (χ3n) is 3.65. The number of rotatable bonds is 8. The topological polar surface area (TPSA) is 60.8 Å². The fraction of sp³-hybridized carbons (Fsp3) is 0.211. The maximum atomic E-state index is 10.7. The molecular formula is C19H20BrNO3. The smallest absolute Gasteiger partial charge is 0.328 e. The summed E-state index contributed by atoms with van der Waals surface area (Å²) in [6.45, 7) is 1.21. The molecule has 0 aliphatic rings. The van der Waals surface area contributed by atoms with Gasteiger partial charge >= 0.3 is 5.97 Å². The van der Waals surface area contributed by atoms with Crippen LogP contribution < -0.4 is 4.90 Å². The number of aliphatic hydroxyl groups is 1. The van der Waals surface area contributed by atoms with Gasteiger partial charge in [-0.2, -0.15) is 0 Å². The molecule has 2 rings (SSSR count). The molecule has 5 heteroatoms. The van der Waals surface area contributed by atoms with Gasteiger partial charge < -0.3 is 15.1 Å². The molecule has 0 aliphatic heterocycles. The van der Waals surface area contributed by atoms with Crippen LogP contribution in [0, 0.1) is 0 Å². The number of carbonyl (C=O) groups is 1. The van der Waals surface area contributed by atoms with Crippen molar-refractivity contribution >= 4 is 27.6 Å². The Hall–Kier alpha value is -2.11. The minimum atomic E-state index is -0.954. The van der Waals surface area contributed by atoms with E-state index in [1.54, 1.807) is 6.08 Å². The van der Waals surface area contributed by atoms with Crippen LogP contribution in [-0.2, 0) is 17.8 Å². The Morgan fingerprint density at radius 2 is 1.96 bits per heavy atom. The van der Waals surface area contributed by atoms with Crippen LogP contribution in [0.15, 0.2) is 65.2 Å². The fourth-order valence-corrected chi connectivity index (χ4v) is 2.90. The Kier molecular flexibility index (Phi) is 7.03. The maximum absolute atomic E-state index is 10.7. The van der Waals surface area contributed by atoms with Crippen LogP contribution in [0.2, 0.25) is 0 Å². The number of hydrogen-bond donors (Lipinski definition) is 2. The molecule has 0 atom stereocenters. The first-order valence-corrected chi connectivity index (χ1v) is 8.47. The molecule has 4 nitrogen and oxygen atoms in total. The van der Waals surface area contributed by atoms with Crippen LogP contribution in [0.5, 0.6) is 0 Å². The van der Waals surface area contributed by atoms with Gasteiger partial charge in [0.1, 0.15) is 0 Å². The van der Waals surface area contributed by atoms with Gasteiger partial charge in [-0.25, -0.2) is 4.79 Å². The molecule has 0 unspecified atom stereocenters. The van der Waals surface area contributed by atoms with Crippen LogP contribution in [0.1, 0.15) is 11.1 Å². The highest BCUT2D eigenvalue weighted by Gasteiger charge is 2.08. The van der Waals surface area contributed by atoms with Gasteiger partial charge in [-0.05, 0) is 35.7 Å². The maximum Gasteiger partial charge on any atom is 0.328 e. The lowest BCUT2D eigenvalue weighted by Crippen LogP contribution is -2.26. The summed E-state index contributed by atoms with van der Waals surface area (Å²) < 4.78 is 1.06. The number of hydrogen-bond acceptors (Lipinski definition) is 3. The largest absolute Gasteiger partial charge is 0.478 e. The molecule has 2 N–H and O–H groups in total. The Morgan fingerprint density at radius 3 is 2.67 bits per heavy atom. The van der Waals surface area contributed by atoms with Gasteiger partial charge in [-0.3, -0.25) is 0 Å². The third kappa shape index (κ3) is 5.51. The van der Waals surface area contributed by atoms with E-state index < -0.39 is 5.97 Å². The van der Waals surface area contributed by atoms with E-state index in [1.165, 1.54) is 5.56 Å². The predicted octanol–water partition coefficient (Wildman–Crippen LogP) is 3.63. The summed E-state index contributed by atoms with van der Waals surface area (Å²) in [4.78, 5) is 12.8. The van der Waals surface area contributed by atoms with Crippen LogP contribution in [-0.4, -0.2) is 29.3 Å². The van der Waals surface area contributed by atoms with Crippen LogP contribution in [0.25, 0.3) is 0 Å². The van der Waals surface area contributed by atoms with E-state index in [0.29, 0.717) is 6.54 Å². The average Bonchev–Trinajstić information content (AvgIpc) is 2.59. The van der Waals surface area contributed by atoms with Crippen molar-refractivity contribution < 1.29 is 15.0 Å². The fourth-order valence-electron chi connectivity index (χ4n) is 2.41. The van der Waals surface area contributed by atoms with Gasteiger partial charge in [0.15, 0.2) is 0 Å². The molecule has 0 fully saturated rings. The first-order valence-electron chi connectivity index (χ1n) is 7.68. The standard InChI is InChI=1S/C19H20BrNO3/c20-18-8-2-1-6-16(18)10-12-21(11-4-9-19(23)24)17-7-3-5-15(13-17)14-22/h1-9,13,22H,10-12,14H2,(H,23,24)/b9-4+. The highest BCUT2D eigenvalue weighted by Crippen LogP contribution is 2.20. The molecule has 24 heavy (non-hydrogen) atoms. The molecule has 2 aromatic rings. The lowest BCUT2D eigenvalue weighted by Gasteiger charge is -2.24. The summed E-state index contributed by atoms with van der Waals surface area (Å²) in [7, 11) is 0. The molecule has 126 valence electrons. The molecule has 0 aliphatic carbocycles. The summed E-state index contributed by atoms with van der Waals surface area (Å²) in [5.41, 5.74) is 2.99. The van der Waals surface area contributed by atoms with Gasteiger partial charge in [0.05, 0.1) is 6.61 Å². The Labute approximate surface area is 150 Å². The van der Waals surface area contributed by atoms with Crippen LogP contribution in [0.4, 0.5) is 5.69 Å². The molecule has 0 saturated carbocycles. The molecule has 0 bridgehead atoms. The minimum absolute atomic E-state index is 0.0170. The minimum Gasteiger partial charge on any atom is -0.478 e. The average molecular weight is 390 g/mol. The van der Waals surface area contributed by atoms with Crippen molar-refractivity contribution in [1.82, 2.24) is 0 Å². The lowest BCUT2D eigenvalue weighted by atomic mass is 10.1. The number of benzene rings is 2. The molecule has 0 aromatic heterocycles. The summed E-state index contributed by atoms with van der Waals surface area (Å²) >= 11 is 3.55. The summed E-state index contributed by atoms with van der Waals surface area (Å²) in [5, 5.41) is 18.1. The van der Waals surface area contributed by atoms with Gasteiger partial charge in [0.2, 0.25) is 0 Å². The number of carboxylic acids is 1. The second-order valence-corrected chi connectivity index (χ2v) is 6.21. The van der Waals surface area contributed by atoms with Crippen molar-refractivity contribution in [3.8, 4) is 0 Å². The van der Waals surface area contributed by atoms with E-state index in [0.717, 1.165) is 34.8 Å². The zero-order chi connectivity index (χ0) is 17.4. The van der Waals surface area contributed by atoms with E-state index in [1.807, 2.05) is 42.5 Å². The zero-order valence-electron chi connectivity index (χ0n) is 13.2. The first kappa shape index (κ1) is 18.2.